The Hall–Kier alpha value is -2.79. The minimum atomic E-state index is -5.81. The summed E-state index contributed by atoms with van der Waals surface area (Å²) < 4.78 is 73.5. The van der Waals surface area contributed by atoms with Gasteiger partial charge in [0.25, 0.3) is 0 Å². The Bertz CT molecular complexity index is 2500. The normalized spacial score (nSPS) is 24.9. The van der Waals surface area contributed by atoms with Crippen molar-refractivity contribution >= 4 is 31.7 Å². The maximum atomic E-state index is 14.9. The molecule has 2 saturated heterocycles. The second kappa shape index (κ2) is 71.4. The minimum Gasteiger partial charge on any atom is -0.463 e. The number of carbonyl (C=O) groups excluding carboxylic acids is 4. The van der Waals surface area contributed by atoms with E-state index in [4.69, 9.17) is 46.9 Å². The zero-order chi connectivity index (χ0) is 86.1. The van der Waals surface area contributed by atoms with Gasteiger partial charge in [0.2, 0.25) is 0 Å². The van der Waals surface area contributed by atoms with Crippen molar-refractivity contribution in [3.8, 4) is 0 Å². The number of rotatable bonds is 78. The molecule has 0 aromatic heterocycles. The average Bonchev–Trinajstić information content (AvgIpc) is 0.755. The smallest absolute Gasteiger partial charge is 0.463 e. The van der Waals surface area contributed by atoms with Crippen LogP contribution in [-0.4, -0.2) is 205 Å². The lowest BCUT2D eigenvalue weighted by Crippen LogP contribution is -2.70. The van der Waals surface area contributed by atoms with E-state index in [2.05, 4.69) is 39.8 Å². The summed E-state index contributed by atoms with van der Waals surface area (Å²) in [6, 6.07) is 0. The molecule has 3 aliphatic rings. The molecular weight excluding hydrogens is 1540 g/mol. The summed E-state index contributed by atoms with van der Waals surface area (Å²) in [5.74, 6) is -2.97. The summed E-state index contributed by atoms with van der Waals surface area (Å²) in [4.78, 5) is 66.5. The number of hydrogen-bond donors (Lipinski definition) is 10. The molecular formula is C92H171O25P. The fourth-order valence-corrected chi connectivity index (χ4v) is 16.9. The summed E-state index contributed by atoms with van der Waals surface area (Å²) in [6.07, 6.45) is 30.5. The van der Waals surface area contributed by atoms with E-state index in [0.717, 1.165) is 122 Å². The van der Waals surface area contributed by atoms with Gasteiger partial charge in [-0.2, -0.15) is 0 Å². The maximum absolute atomic E-state index is 14.9. The molecule has 26 heteroatoms. The van der Waals surface area contributed by atoms with E-state index in [1.165, 1.54) is 205 Å². The van der Waals surface area contributed by atoms with E-state index < -0.39 is 162 Å². The van der Waals surface area contributed by atoms with E-state index in [1.807, 2.05) is 0 Å². The molecule has 18 unspecified atom stereocenters. The molecule has 0 aromatic rings. The van der Waals surface area contributed by atoms with E-state index in [1.54, 1.807) is 0 Å². The number of hydrogen-bond acceptors (Lipinski definition) is 24. The summed E-state index contributed by atoms with van der Waals surface area (Å²) in [6.45, 7) is 5.61. The first-order valence-corrected chi connectivity index (χ1v) is 49.4. The van der Waals surface area contributed by atoms with Crippen LogP contribution in [0.1, 0.15) is 419 Å². The highest BCUT2D eigenvalue weighted by molar-refractivity contribution is 7.47. The molecule has 2 heterocycles. The van der Waals surface area contributed by atoms with Crippen molar-refractivity contribution in [1.82, 2.24) is 0 Å². The van der Waals surface area contributed by atoms with Crippen LogP contribution >= 0.6 is 7.82 Å². The zero-order valence-electron chi connectivity index (χ0n) is 74.0. The standard InChI is InChI=1S/C92H171O25P/c1-5-9-13-17-21-25-29-33-36-39-42-44-48-52-56-60-64-75(94)108-69-72(111-77(96)66-62-58-54-50-46-40-32-28-24-20-16-12-8-4)70-110-118(106,107)117-90-88(115-91-85(104)81(100)79(98)73(68-93)112-91)84(103)83(102)87(114-78(97)67-63-59-55-51-47-43-38-35-31-27-23-19-15-11-7-3)89(90)116-92-86(105)82(101)80(99)74(113-92)71-109-76(95)65-61-57-53-49-45-41-37-34-30-26-22-18-14-10-6-2/h40,46,72-74,79-93,98-105H,5-39,41-45,47-71H2,1-4H3,(H,106,107)/b46-40-. The second-order valence-electron chi connectivity index (χ2n) is 34.2. The molecule has 0 bridgehead atoms. The monoisotopic (exact) mass is 1710 g/mol. The van der Waals surface area contributed by atoms with Gasteiger partial charge in [-0.15, -0.1) is 0 Å². The fraction of sp³-hybridized carbons (Fsp3) is 0.935. The third-order valence-electron chi connectivity index (χ3n) is 23.5. The van der Waals surface area contributed by atoms with E-state index in [9.17, 15) is 74.6 Å². The highest BCUT2D eigenvalue weighted by Gasteiger charge is 2.60. The van der Waals surface area contributed by atoms with Gasteiger partial charge in [-0.3, -0.25) is 28.2 Å². The van der Waals surface area contributed by atoms with Crippen molar-refractivity contribution in [3.63, 3.8) is 0 Å². The number of allylic oxidation sites excluding steroid dienone is 2. The molecule has 0 spiro atoms. The third-order valence-corrected chi connectivity index (χ3v) is 24.5. The molecule has 3 fully saturated rings. The van der Waals surface area contributed by atoms with Crippen LogP contribution in [0.2, 0.25) is 0 Å². The van der Waals surface area contributed by atoms with E-state index in [0.29, 0.717) is 38.5 Å². The van der Waals surface area contributed by atoms with Gasteiger partial charge in [0, 0.05) is 25.7 Å². The van der Waals surface area contributed by atoms with Gasteiger partial charge in [-0.05, 0) is 51.4 Å². The molecule has 118 heavy (non-hydrogen) atoms. The molecule has 10 N–H and O–H groups in total. The lowest BCUT2D eigenvalue weighted by atomic mass is 9.84. The number of carbonyl (C=O) groups is 4. The Kier molecular flexibility index (Phi) is 66.2. The number of aliphatic hydroxyl groups is 9. The van der Waals surface area contributed by atoms with Crippen molar-refractivity contribution in [2.24, 2.45) is 0 Å². The molecule has 1 aliphatic carbocycles. The van der Waals surface area contributed by atoms with Gasteiger partial charge in [-0.1, -0.05) is 354 Å². The summed E-state index contributed by atoms with van der Waals surface area (Å²) in [5.41, 5.74) is 0. The lowest BCUT2D eigenvalue weighted by Gasteiger charge is -2.50. The van der Waals surface area contributed by atoms with Crippen molar-refractivity contribution in [2.45, 2.75) is 524 Å². The van der Waals surface area contributed by atoms with Gasteiger partial charge in [0.15, 0.2) is 24.8 Å². The Balaban J connectivity index is 1.91. The average molecular weight is 1710 g/mol. The van der Waals surface area contributed by atoms with Crippen LogP contribution in [0, 0.1) is 0 Å². The molecule has 18 atom stereocenters. The first-order valence-electron chi connectivity index (χ1n) is 47.9. The van der Waals surface area contributed by atoms with Crippen LogP contribution < -0.4 is 0 Å². The fourth-order valence-electron chi connectivity index (χ4n) is 15.9. The highest BCUT2D eigenvalue weighted by atomic mass is 31.2. The molecule has 2 aliphatic heterocycles. The van der Waals surface area contributed by atoms with Crippen LogP contribution in [-0.2, 0) is 70.7 Å². The summed E-state index contributed by atoms with van der Waals surface area (Å²) in [5, 5.41) is 102. The Labute approximate surface area is 712 Å². The molecule has 0 aromatic carbocycles. The number of phosphoric acid groups is 1. The highest BCUT2D eigenvalue weighted by Crippen LogP contribution is 2.49. The van der Waals surface area contributed by atoms with Crippen LogP contribution in [0.25, 0.3) is 0 Å². The van der Waals surface area contributed by atoms with Crippen molar-refractivity contribution < 1.29 is 122 Å². The first kappa shape index (κ1) is 109. The van der Waals surface area contributed by atoms with E-state index in [-0.39, 0.29) is 25.7 Å². The van der Waals surface area contributed by atoms with Gasteiger partial charge < -0.3 is 88.7 Å². The quantitative estimate of drug-likeness (QED) is 0.00889. The second-order valence-corrected chi connectivity index (χ2v) is 35.6. The number of ether oxygens (including phenoxy) is 8. The third kappa shape index (κ3) is 51.0. The SMILES string of the molecule is CCCCCCCC/C=C\CCCCCC(=O)OC(COC(=O)CCCCCCCCCCCCCCCCCC)COP(=O)(O)OC1C(OC2OC(CO)C(O)C(O)C2O)C(O)C(O)C(OC(=O)CCCCCCCCCCCCCCCCC)C1OC1OC(COC(=O)CCCCCCCCCCCCCCCCC)C(O)C(O)C1O. The Morgan fingerprint density at radius 3 is 1.02 bits per heavy atom. The number of esters is 4. The maximum Gasteiger partial charge on any atom is 0.472 e. The minimum absolute atomic E-state index is 0.0185. The molecule has 0 radical (unpaired) electrons. The predicted molar refractivity (Wildman–Crippen MR) is 458 cm³/mol. The van der Waals surface area contributed by atoms with Crippen molar-refractivity contribution in [2.75, 3.05) is 26.4 Å². The summed E-state index contributed by atoms with van der Waals surface area (Å²) >= 11 is 0. The number of aliphatic hydroxyl groups excluding tert-OH is 9. The van der Waals surface area contributed by atoms with Crippen molar-refractivity contribution in [3.05, 3.63) is 12.2 Å². The lowest BCUT2D eigenvalue weighted by molar-refractivity contribution is -0.360. The van der Waals surface area contributed by atoms with Gasteiger partial charge in [-0.25, -0.2) is 4.57 Å². The Morgan fingerprint density at radius 2 is 0.636 bits per heavy atom. The Morgan fingerprint density at radius 1 is 0.331 bits per heavy atom. The molecule has 694 valence electrons. The number of phosphoric ester groups is 1. The molecule has 1 saturated carbocycles. The summed E-state index contributed by atoms with van der Waals surface area (Å²) in [7, 11) is -5.81. The van der Waals surface area contributed by atoms with Crippen LogP contribution in [0.5, 0.6) is 0 Å². The van der Waals surface area contributed by atoms with Crippen LogP contribution in [0.15, 0.2) is 12.2 Å². The predicted octanol–water partition coefficient (Wildman–Crippen LogP) is 17.9. The largest absolute Gasteiger partial charge is 0.472 e. The number of unbranched alkanes of at least 4 members (excludes halogenated alkanes) is 52. The molecule has 25 nitrogen and oxygen atoms in total. The topological polar surface area (TPSA) is 380 Å². The van der Waals surface area contributed by atoms with Gasteiger partial charge >= 0.3 is 31.7 Å². The molecule has 0 amide bonds. The molecule has 3 rings (SSSR count). The van der Waals surface area contributed by atoms with Crippen molar-refractivity contribution in [1.29, 1.82) is 0 Å². The van der Waals surface area contributed by atoms with Gasteiger partial charge in [0.1, 0.15) is 92.6 Å². The van der Waals surface area contributed by atoms with Crippen LogP contribution in [0.3, 0.4) is 0 Å². The van der Waals surface area contributed by atoms with Crippen LogP contribution in [0.4, 0.5) is 0 Å². The zero-order valence-corrected chi connectivity index (χ0v) is 74.9. The van der Waals surface area contributed by atoms with E-state index >= 15 is 0 Å². The van der Waals surface area contributed by atoms with Gasteiger partial charge in [0.05, 0.1) is 13.2 Å². The first-order chi connectivity index (χ1) is 57.2.